The summed E-state index contributed by atoms with van der Waals surface area (Å²) in [5, 5.41) is 2.46. The van der Waals surface area contributed by atoms with Gasteiger partial charge in [0.1, 0.15) is 16.7 Å². The van der Waals surface area contributed by atoms with E-state index in [-0.39, 0.29) is 16.5 Å². The van der Waals surface area contributed by atoms with Gasteiger partial charge in [-0.2, -0.15) is 8.78 Å². The Morgan fingerprint density at radius 1 is 1.40 bits per heavy atom. The predicted octanol–water partition coefficient (Wildman–Crippen LogP) is 1.86. The molecule has 5 nitrogen and oxygen atoms in total. The summed E-state index contributed by atoms with van der Waals surface area (Å²) >= 11 is 1.03. The highest BCUT2D eigenvalue weighted by molar-refractivity contribution is 7.14. The number of rotatable bonds is 5. The Morgan fingerprint density at radius 3 is 2.50 bits per heavy atom. The van der Waals surface area contributed by atoms with E-state index in [4.69, 9.17) is 0 Å². The molecule has 0 saturated carbocycles. The van der Waals surface area contributed by atoms with Gasteiger partial charge in [0.2, 0.25) is 5.91 Å². The maximum Gasteiger partial charge on any atom is 0.387 e. The van der Waals surface area contributed by atoms with Crippen LogP contribution in [0.2, 0.25) is 0 Å². The van der Waals surface area contributed by atoms with Crippen LogP contribution in [0.25, 0.3) is 0 Å². The van der Waals surface area contributed by atoms with Gasteiger partial charge < -0.3 is 15.0 Å². The first-order valence-electron chi connectivity index (χ1n) is 5.79. The molecule has 1 rings (SSSR count). The summed E-state index contributed by atoms with van der Waals surface area (Å²) in [5.41, 5.74) is 0. The van der Waals surface area contributed by atoms with Crippen molar-refractivity contribution < 1.29 is 23.1 Å². The second kappa shape index (κ2) is 6.65. The molecule has 1 N–H and O–H groups in total. The molecule has 0 aromatic carbocycles. The molecule has 112 valence electrons. The number of amides is 2. The molecule has 0 unspecified atom stereocenters. The Morgan fingerprint density at radius 2 is 2.00 bits per heavy atom. The molecular formula is C12H16F2N2O3S. The molecule has 2 amide bonds. The van der Waals surface area contributed by atoms with Gasteiger partial charge in [0.05, 0.1) is 0 Å². The van der Waals surface area contributed by atoms with E-state index in [0.717, 1.165) is 11.3 Å². The highest BCUT2D eigenvalue weighted by Crippen LogP contribution is 2.30. The molecule has 8 heteroatoms. The minimum Gasteiger partial charge on any atom is -0.433 e. The van der Waals surface area contributed by atoms with Crippen molar-refractivity contribution in [2.75, 3.05) is 14.1 Å². The molecule has 1 aromatic rings. The second-order valence-corrected chi connectivity index (χ2v) is 5.61. The van der Waals surface area contributed by atoms with E-state index in [2.05, 4.69) is 10.1 Å². The summed E-state index contributed by atoms with van der Waals surface area (Å²) in [7, 11) is 3.12. The predicted molar refractivity (Wildman–Crippen MR) is 71.3 cm³/mol. The summed E-state index contributed by atoms with van der Waals surface area (Å²) in [6, 6.07) is 0.615. The van der Waals surface area contributed by atoms with Gasteiger partial charge in [0.15, 0.2) is 0 Å². The quantitative estimate of drug-likeness (QED) is 0.903. The topological polar surface area (TPSA) is 58.6 Å². The number of halogens is 2. The number of carbonyl (C=O) groups excluding carboxylic acids is 2. The highest BCUT2D eigenvalue weighted by Gasteiger charge is 2.23. The molecule has 0 aliphatic rings. The summed E-state index contributed by atoms with van der Waals surface area (Å²) in [5.74, 6) is -1.08. The van der Waals surface area contributed by atoms with Crippen molar-refractivity contribution in [3.05, 3.63) is 15.8 Å². The molecule has 0 radical (unpaired) electrons. The Balaban J connectivity index is 2.84. The zero-order valence-corrected chi connectivity index (χ0v) is 12.4. The van der Waals surface area contributed by atoms with Crippen molar-refractivity contribution in [3.8, 4) is 5.75 Å². The number of thiophene rings is 1. The van der Waals surface area contributed by atoms with Crippen LogP contribution in [0, 0.1) is 6.92 Å². The lowest BCUT2D eigenvalue weighted by Crippen LogP contribution is -2.44. The van der Waals surface area contributed by atoms with Crippen LogP contribution in [0.4, 0.5) is 8.78 Å². The second-order valence-electron chi connectivity index (χ2n) is 4.36. The third-order valence-electron chi connectivity index (χ3n) is 2.40. The van der Waals surface area contributed by atoms with Gasteiger partial charge in [-0.1, -0.05) is 0 Å². The smallest absolute Gasteiger partial charge is 0.387 e. The third kappa shape index (κ3) is 4.16. The van der Waals surface area contributed by atoms with E-state index in [1.807, 2.05) is 0 Å². The van der Waals surface area contributed by atoms with Crippen LogP contribution in [0.5, 0.6) is 5.75 Å². The van der Waals surface area contributed by atoms with Gasteiger partial charge in [-0.15, -0.1) is 11.3 Å². The molecule has 0 saturated heterocycles. The average molecular weight is 306 g/mol. The number of nitrogens with one attached hydrogen (secondary N) is 1. The fraction of sp³-hybridized carbons (Fsp3) is 0.500. The molecule has 0 aliphatic heterocycles. The van der Waals surface area contributed by atoms with Crippen LogP contribution in [-0.4, -0.2) is 43.5 Å². The Hall–Kier alpha value is -1.70. The number of hydrogen-bond acceptors (Lipinski definition) is 4. The van der Waals surface area contributed by atoms with E-state index in [1.165, 1.54) is 17.9 Å². The number of alkyl halides is 2. The van der Waals surface area contributed by atoms with Crippen LogP contribution in [-0.2, 0) is 4.79 Å². The van der Waals surface area contributed by atoms with Crippen molar-refractivity contribution in [2.45, 2.75) is 26.5 Å². The molecule has 0 bridgehead atoms. The van der Waals surface area contributed by atoms with Gasteiger partial charge in [-0.25, -0.2) is 0 Å². The summed E-state index contributed by atoms with van der Waals surface area (Å²) in [4.78, 5) is 25.7. The lowest BCUT2D eigenvalue weighted by atomic mass is 10.3. The summed E-state index contributed by atoms with van der Waals surface area (Å²) in [6.07, 6.45) is 0. The monoisotopic (exact) mass is 306 g/mol. The Bertz CT molecular complexity index is 503. The molecular weight excluding hydrogens is 290 g/mol. The average Bonchev–Trinajstić information content (AvgIpc) is 2.67. The third-order valence-corrected chi connectivity index (χ3v) is 3.43. The van der Waals surface area contributed by atoms with Gasteiger partial charge in [-0.05, 0) is 19.9 Å². The summed E-state index contributed by atoms with van der Waals surface area (Å²) < 4.78 is 28.8. The minimum atomic E-state index is -3.00. The van der Waals surface area contributed by atoms with E-state index in [0.29, 0.717) is 4.88 Å². The zero-order chi connectivity index (χ0) is 15.4. The first kappa shape index (κ1) is 16.4. The van der Waals surface area contributed by atoms with Crippen molar-refractivity contribution in [1.29, 1.82) is 0 Å². The molecule has 1 aromatic heterocycles. The van der Waals surface area contributed by atoms with Crippen molar-refractivity contribution in [3.63, 3.8) is 0 Å². The van der Waals surface area contributed by atoms with Crippen LogP contribution in [0.15, 0.2) is 6.07 Å². The fourth-order valence-corrected chi connectivity index (χ4v) is 2.39. The highest BCUT2D eigenvalue weighted by atomic mass is 32.1. The van der Waals surface area contributed by atoms with Gasteiger partial charge in [-0.3, -0.25) is 9.59 Å². The minimum absolute atomic E-state index is 0.0289. The molecule has 1 atom stereocenters. The van der Waals surface area contributed by atoms with Crippen LogP contribution < -0.4 is 10.1 Å². The fourth-order valence-electron chi connectivity index (χ4n) is 1.54. The maximum absolute atomic E-state index is 12.3. The SMILES string of the molecule is Cc1cc(OC(F)F)c(C(=O)N[C@@H](C)C(=O)N(C)C)s1. The van der Waals surface area contributed by atoms with Gasteiger partial charge >= 0.3 is 6.61 Å². The van der Waals surface area contributed by atoms with Gasteiger partial charge in [0, 0.05) is 19.0 Å². The molecule has 1 heterocycles. The Kier molecular flexibility index (Phi) is 5.43. The molecule has 0 aliphatic carbocycles. The lowest BCUT2D eigenvalue weighted by molar-refractivity contribution is -0.130. The van der Waals surface area contributed by atoms with E-state index >= 15 is 0 Å². The lowest BCUT2D eigenvalue weighted by Gasteiger charge is -2.17. The number of nitrogens with zero attached hydrogens (tertiary/aromatic N) is 1. The number of ether oxygens (including phenoxy) is 1. The normalized spacial score (nSPS) is 12.2. The van der Waals surface area contributed by atoms with Crippen LogP contribution in [0.1, 0.15) is 21.5 Å². The van der Waals surface area contributed by atoms with E-state index < -0.39 is 18.6 Å². The first-order valence-corrected chi connectivity index (χ1v) is 6.61. The number of carbonyl (C=O) groups is 2. The largest absolute Gasteiger partial charge is 0.433 e. The van der Waals surface area contributed by atoms with Crippen molar-refractivity contribution >= 4 is 23.2 Å². The van der Waals surface area contributed by atoms with Gasteiger partial charge in [0.25, 0.3) is 5.91 Å². The number of aryl methyl sites for hydroxylation is 1. The van der Waals surface area contributed by atoms with Crippen molar-refractivity contribution in [2.24, 2.45) is 0 Å². The zero-order valence-electron chi connectivity index (χ0n) is 11.6. The number of hydrogen-bond donors (Lipinski definition) is 1. The van der Waals surface area contributed by atoms with E-state index in [9.17, 15) is 18.4 Å². The van der Waals surface area contributed by atoms with E-state index in [1.54, 1.807) is 21.0 Å². The van der Waals surface area contributed by atoms with Crippen LogP contribution in [0.3, 0.4) is 0 Å². The standard InChI is InChI=1S/C12H16F2N2O3S/c1-6-5-8(19-12(13)14)9(20-6)10(17)15-7(2)11(18)16(3)4/h5,7,12H,1-4H3,(H,15,17)/t7-/m0/s1. The number of likely N-dealkylation sites (N-methyl/N-ethyl adjacent to an activating group) is 1. The molecule has 0 spiro atoms. The van der Waals surface area contributed by atoms with Crippen molar-refractivity contribution in [1.82, 2.24) is 10.2 Å². The molecule has 20 heavy (non-hydrogen) atoms. The van der Waals surface area contributed by atoms with Crippen LogP contribution >= 0.6 is 11.3 Å². The Labute approximate surface area is 119 Å². The first-order chi connectivity index (χ1) is 9.22. The maximum atomic E-state index is 12.3. The summed E-state index contributed by atoms with van der Waals surface area (Å²) in [6.45, 7) is 0.194. The molecule has 0 fully saturated rings.